The summed E-state index contributed by atoms with van der Waals surface area (Å²) in [5, 5.41) is 3.40. The van der Waals surface area contributed by atoms with Gasteiger partial charge in [-0.3, -0.25) is 4.90 Å². The van der Waals surface area contributed by atoms with Gasteiger partial charge >= 0.3 is 6.09 Å². The molecule has 5 nitrogen and oxygen atoms in total. The zero-order valence-corrected chi connectivity index (χ0v) is 10.5. The summed E-state index contributed by atoms with van der Waals surface area (Å²) >= 11 is 0. The minimum atomic E-state index is -0.666. The predicted molar refractivity (Wildman–Crippen MR) is 65.8 cm³/mol. The van der Waals surface area contributed by atoms with Gasteiger partial charge in [0.15, 0.2) is 0 Å². The van der Waals surface area contributed by atoms with Crippen molar-refractivity contribution >= 4 is 6.09 Å². The van der Waals surface area contributed by atoms with Gasteiger partial charge in [-0.2, -0.15) is 0 Å². The highest BCUT2D eigenvalue weighted by atomic mass is 16.5. The van der Waals surface area contributed by atoms with Crippen LogP contribution in [0.2, 0.25) is 0 Å². The highest BCUT2D eigenvalue weighted by Crippen LogP contribution is 2.33. The molecule has 0 aromatic rings. The van der Waals surface area contributed by atoms with Crippen molar-refractivity contribution in [1.82, 2.24) is 10.2 Å². The molecule has 2 bridgehead atoms. The molecule has 2 atom stereocenters. The maximum absolute atomic E-state index is 10.6. The van der Waals surface area contributed by atoms with Crippen LogP contribution in [0.4, 0.5) is 4.79 Å². The highest BCUT2D eigenvalue weighted by molar-refractivity contribution is 5.64. The number of ether oxygens (including phenoxy) is 1. The standard InChI is InChI=1S/C12H23N3O2/c1-14-9-7-10-3-2-4-11(8-9)15(10)5-6-17-12(13)16/h9-11,14H,2-8H2,1H3,(H2,13,16). The molecule has 3 N–H and O–H groups in total. The molecule has 0 aliphatic carbocycles. The summed E-state index contributed by atoms with van der Waals surface area (Å²) in [6.07, 6.45) is 5.63. The summed E-state index contributed by atoms with van der Waals surface area (Å²) < 4.78 is 4.84. The molecule has 17 heavy (non-hydrogen) atoms. The number of hydrogen-bond donors (Lipinski definition) is 2. The first-order valence-electron chi connectivity index (χ1n) is 6.56. The topological polar surface area (TPSA) is 67.6 Å². The van der Waals surface area contributed by atoms with Gasteiger partial charge in [0.1, 0.15) is 6.61 Å². The molecule has 2 unspecified atom stereocenters. The van der Waals surface area contributed by atoms with Crippen LogP contribution in [0.25, 0.3) is 0 Å². The molecule has 5 heteroatoms. The van der Waals surface area contributed by atoms with Crippen LogP contribution in [0, 0.1) is 0 Å². The Bertz CT molecular complexity index is 258. The Morgan fingerprint density at radius 1 is 1.41 bits per heavy atom. The fourth-order valence-corrected chi connectivity index (χ4v) is 3.33. The predicted octanol–water partition coefficient (Wildman–Crippen LogP) is 0.687. The van der Waals surface area contributed by atoms with E-state index in [0.717, 1.165) is 6.54 Å². The third-order valence-corrected chi connectivity index (χ3v) is 4.13. The molecule has 2 fully saturated rings. The minimum Gasteiger partial charge on any atom is -0.448 e. The summed E-state index contributed by atoms with van der Waals surface area (Å²) in [4.78, 5) is 13.1. The SMILES string of the molecule is CNC1CC2CCCC(C1)N2CCOC(N)=O. The Hall–Kier alpha value is -0.810. The number of primary amides is 1. The second-order valence-electron chi connectivity index (χ2n) is 5.10. The van der Waals surface area contributed by atoms with Crippen LogP contribution in [0.15, 0.2) is 0 Å². The number of piperidine rings is 2. The first kappa shape index (κ1) is 12.6. The largest absolute Gasteiger partial charge is 0.448 e. The number of nitrogens with zero attached hydrogens (tertiary/aromatic N) is 1. The molecule has 0 aromatic carbocycles. The van der Waals surface area contributed by atoms with E-state index in [1.807, 2.05) is 7.05 Å². The molecule has 0 aromatic heterocycles. The fraction of sp³-hybridized carbons (Fsp3) is 0.917. The Morgan fingerprint density at radius 3 is 2.59 bits per heavy atom. The van der Waals surface area contributed by atoms with Crippen molar-refractivity contribution in [3.63, 3.8) is 0 Å². The number of nitrogens with two attached hydrogens (primary N) is 1. The van der Waals surface area contributed by atoms with Crippen LogP contribution in [-0.4, -0.2) is 49.3 Å². The average molecular weight is 241 g/mol. The maximum atomic E-state index is 10.6. The lowest BCUT2D eigenvalue weighted by Crippen LogP contribution is -2.56. The normalized spacial score (nSPS) is 33.4. The Morgan fingerprint density at radius 2 is 2.06 bits per heavy atom. The van der Waals surface area contributed by atoms with Gasteiger partial charge in [0, 0.05) is 24.7 Å². The Labute approximate surface area is 103 Å². The summed E-state index contributed by atoms with van der Waals surface area (Å²) in [6.45, 7) is 1.25. The lowest BCUT2D eigenvalue weighted by molar-refractivity contribution is 0.0114. The van der Waals surface area contributed by atoms with E-state index in [1.165, 1.54) is 32.1 Å². The van der Waals surface area contributed by atoms with Gasteiger partial charge in [-0.1, -0.05) is 6.42 Å². The van der Waals surface area contributed by atoms with Gasteiger partial charge in [0.05, 0.1) is 0 Å². The molecule has 0 saturated carbocycles. The average Bonchev–Trinajstić information content (AvgIpc) is 2.27. The lowest BCUT2D eigenvalue weighted by atomic mass is 9.82. The van der Waals surface area contributed by atoms with E-state index in [-0.39, 0.29) is 0 Å². The molecule has 2 heterocycles. The molecule has 2 aliphatic rings. The van der Waals surface area contributed by atoms with E-state index >= 15 is 0 Å². The zero-order chi connectivity index (χ0) is 12.3. The lowest BCUT2D eigenvalue weighted by Gasteiger charge is -2.48. The second kappa shape index (κ2) is 5.69. The van der Waals surface area contributed by atoms with Gasteiger partial charge in [0.2, 0.25) is 0 Å². The van der Waals surface area contributed by atoms with E-state index in [4.69, 9.17) is 10.5 Å². The molecule has 0 radical (unpaired) electrons. The van der Waals surface area contributed by atoms with Gasteiger partial charge in [-0.05, 0) is 32.7 Å². The van der Waals surface area contributed by atoms with Gasteiger partial charge in [-0.15, -0.1) is 0 Å². The van der Waals surface area contributed by atoms with Crippen LogP contribution >= 0.6 is 0 Å². The zero-order valence-electron chi connectivity index (χ0n) is 10.5. The van der Waals surface area contributed by atoms with E-state index in [9.17, 15) is 4.79 Å². The number of amides is 1. The number of nitrogens with one attached hydrogen (secondary N) is 1. The second-order valence-corrected chi connectivity index (χ2v) is 5.10. The summed E-state index contributed by atoms with van der Waals surface area (Å²) in [5.74, 6) is 0. The summed E-state index contributed by atoms with van der Waals surface area (Å²) in [7, 11) is 2.05. The van der Waals surface area contributed by atoms with Crippen molar-refractivity contribution in [2.75, 3.05) is 20.2 Å². The van der Waals surface area contributed by atoms with Crippen molar-refractivity contribution in [3.05, 3.63) is 0 Å². The highest BCUT2D eigenvalue weighted by Gasteiger charge is 2.37. The third kappa shape index (κ3) is 3.10. The van der Waals surface area contributed by atoms with Crippen LogP contribution in [0.1, 0.15) is 32.1 Å². The van der Waals surface area contributed by atoms with E-state index < -0.39 is 6.09 Å². The fourth-order valence-electron chi connectivity index (χ4n) is 3.33. The first-order valence-corrected chi connectivity index (χ1v) is 6.56. The quantitative estimate of drug-likeness (QED) is 0.760. The van der Waals surface area contributed by atoms with Crippen LogP contribution in [0.3, 0.4) is 0 Å². The first-order chi connectivity index (χ1) is 8.20. The van der Waals surface area contributed by atoms with E-state index in [2.05, 4.69) is 10.2 Å². The van der Waals surface area contributed by atoms with Crippen molar-refractivity contribution < 1.29 is 9.53 Å². The van der Waals surface area contributed by atoms with Gasteiger partial charge < -0.3 is 15.8 Å². The Balaban J connectivity index is 1.86. The number of carbonyl (C=O) groups excluding carboxylic acids is 1. The molecule has 0 spiro atoms. The smallest absolute Gasteiger partial charge is 0.404 e. The third-order valence-electron chi connectivity index (χ3n) is 4.13. The Kier molecular flexibility index (Phi) is 4.23. The van der Waals surface area contributed by atoms with E-state index in [1.54, 1.807) is 0 Å². The molecular formula is C12H23N3O2. The number of carbonyl (C=O) groups is 1. The maximum Gasteiger partial charge on any atom is 0.404 e. The molecule has 98 valence electrons. The van der Waals surface area contributed by atoms with Crippen LogP contribution < -0.4 is 11.1 Å². The van der Waals surface area contributed by atoms with Gasteiger partial charge in [0.25, 0.3) is 0 Å². The van der Waals surface area contributed by atoms with Crippen molar-refractivity contribution in [1.29, 1.82) is 0 Å². The molecule has 2 rings (SSSR count). The molecule has 2 aliphatic heterocycles. The van der Waals surface area contributed by atoms with Crippen LogP contribution in [0.5, 0.6) is 0 Å². The molecule has 1 amide bonds. The number of hydrogen-bond acceptors (Lipinski definition) is 4. The monoisotopic (exact) mass is 241 g/mol. The summed E-state index contributed by atoms with van der Waals surface area (Å²) in [6, 6.07) is 1.95. The van der Waals surface area contributed by atoms with Crippen molar-refractivity contribution in [2.24, 2.45) is 5.73 Å². The minimum absolute atomic E-state index is 0.423. The number of fused-ring (bicyclic) bond motifs is 2. The van der Waals surface area contributed by atoms with Crippen LogP contribution in [-0.2, 0) is 4.74 Å². The van der Waals surface area contributed by atoms with Gasteiger partial charge in [-0.25, -0.2) is 4.79 Å². The molecule has 2 saturated heterocycles. The van der Waals surface area contributed by atoms with Crippen molar-refractivity contribution in [2.45, 2.75) is 50.2 Å². The van der Waals surface area contributed by atoms with Crippen molar-refractivity contribution in [3.8, 4) is 0 Å². The summed E-state index contributed by atoms with van der Waals surface area (Å²) in [5.41, 5.74) is 4.98. The van der Waals surface area contributed by atoms with E-state index in [0.29, 0.717) is 24.7 Å². The molecular weight excluding hydrogens is 218 g/mol. The number of rotatable bonds is 4.